The van der Waals surface area contributed by atoms with E-state index in [2.05, 4.69) is 15.9 Å². The Morgan fingerprint density at radius 2 is 1.83 bits per heavy atom. The Morgan fingerprint density at radius 1 is 1.33 bits per heavy atom. The fourth-order valence-corrected chi connectivity index (χ4v) is 1.69. The first kappa shape index (κ1) is 12.8. The third-order valence-corrected chi connectivity index (χ3v) is 2.83. The lowest BCUT2D eigenvalue weighted by molar-refractivity contribution is 0.0799. The van der Waals surface area contributed by atoms with Crippen molar-refractivity contribution in [3.63, 3.8) is 0 Å². The summed E-state index contributed by atoms with van der Waals surface area (Å²) in [5.74, 6) is 0. The van der Waals surface area contributed by atoms with Crippen LogP contribution in [0.1, 0.15) is 12.8 Å². The summed E-state index contributed by atoms with van der Waals surface area (Å²) in [5.41, 5.74) is 0. The molecule has 0 spiro atoms. The van der Waals surface area contributed by atoms with Crippen molar-refractivity contribution < 1.29 is 8.78 Å². The van der Waals surface area contributed by atoms with Crippen molar-refractivity contribution in [1.29, 1.82) is 0 Å². The molecule has 0 radical (unpaired) electrons. The molecular formula is C7H13Br2F2N. The Labute approximate surface area is 90.4 Å². The van der Waals surface area contributed by atoms with E-state index in [1.807, 2.05) is 4.90 Å². The SMILES string of the molecule is Br.FC(F)CN1CCC(Br)CC1. The topological polar surface area (TPSA) is 3.24 Å². The highest BCUT2D eigenvalue weighted by Gasteiger charge is 2.18. The maximum Gasteiger partial charge on any atom is 0.251 e. The molecule has 0 aromatic rings. The van der Waals surface area contributed by atoms with Crippen molar-refractivity contribution in [2.75, 3.05) is 19.6 Å². The minimum absolute atomic E-state index is 0. The van der Waals surface area contributed by atoms with E-state index in [9.17, 15) is 8.78 Å². The molecule has 0 aromatic carbocycles. The molecule has 5 heteroatoms. The molecule has 1 heterocycles. The maximum atomic E-state index is 11.9. The van der Waals surface area contributed by atoms with Crippen LogP contribution in [0.5, 0.6) is 0 Å². The van der Waals surface area contributed by atoms with Gasteiger partial charge in [0.1, 0.15) is 0 Å². The highest BCUT2D eigenvalue weighted by molar-refractivity contribution is 9.09. The van der Waals surface area contributed by atoms with Crippen LogP contribution in [-0.2, 0) is 0 Å². The smallest absolute Gasteiger partial charge is 0.251 e. The van der Waals surface area contributed by atoms with Gasteiger partial charge in [-0.2, -0.15) is 0 Å². The number of alkyl halides is 3. The second-order valence-electron chi connectivity index (χ2n) is 2.87. The van der Waals surface area contributed by atoms with Crippen LogP contribution in [0.3, 0.4) is 0 Å². The summed E-state index contributed by atoms with van der Waals surface area (Å²) < 4.78 is 23.7. The molecule has 0 bridgehead atoms. The van der Waals surface area contributed by atoms with Crippen LogP contribution in [0.25, 0.3) is 0 Å². The van der Waals surface area contributed by atoms with E-state index in [0.717, 1.165) is 25.9 Å². The second kappa shape index (κ2) is 6.27. The van der Waals surface area contributed by atoms with Crippen LogP contribution in [-0.4, -0.2) is 35.8 Å². The van der Waals surface area contributed by atoms with Crippen molar-refractivity contribution in [3.8, 4) is 0 Å². The van der Waals surface area contributed by atoms with Crippen LogP contribution in [0.4, 0.5) is 8.78 Å². The number of hydrogen-bond acceptors (Lipinski definition) is 1. The van der Waals surface area contributed by atoms with E-state index in [-0.39, 0.29) is 23.5 Å². The molecule has 74 valence electrons. The van der Waals surface area contributed by atoms with Crippen LogP contribution in [0, 0.1) is 0 Å². The zero-order valence-corrected chi connectivity index (χ0v) is 9.98. The Kier molecular flexibility index (Phi) is 6.67. The number of nitrogens with zero attached hydrogens (tertiary/aromatic N) is 1. The van der Waals surface area contributed by atoms with Crippen LogP contribution >= 0.6 is 32.9 Å². The molecule has 0 aromatic heterocycles. The Hall–Kier alpha value is 0.780. The van der Waals surface area contributed by atoms with E-state index >= 15 is 0 Å². The molecule has 1 rings (SSSR count). The summed E-state index contributed by atoms with van der Waals surface area (Å²) in [4.78, 5) is 2.36. The number of hydrogen-bond donors (Lipinski definition) is 0. The molecule has 1 nitrogen and oxygen atoms in total. The predicted octanol–water partition coefficient (Wildman–Crippen LogP) is 2.69. The van der Waals surface area contributed by atoms with Gasteiger partial charge in [0.15, 0.2) is 0 Å². The quantitative estimate of drug-likeness (QED) is 0.709. The lowest BCUT2D eigenvalue weighted by Crippen LogP contribution is -2.36. The molecule has 0 N–H and O–H groups in total. The molecular weight excluding hydrogens is 296 g/mol. The molecule has 1 fully saturated rings. The Morgan fingerprint density at radius 3 is 2.25 bits per heavy atom. The molecule has 0 unspecified atom stereocenters. The van der Waals surface area contributed by atoms with Gasteiger partial charge < -0.3 is 0 Å². The first-order chi connectivity index (χ1) is 5.18. The van der Waals surface area contributed by atoms with E-state index in [1.165, 1.54) is 0 Å². The summed E-state index contributed by atoms with van der Waals surface area (Å²) in [6.45, 7) is 1.56. The minimum Gasteiger partial charge on any atom is -0.298 e. The highest BCUT2D eigenvalue weighted by Crippen LogP contribution is 2.17. The first-order valence-electron chi connectivity index (χ1n) is 3.83. The molecule has 0 atom stereocenters. The fourth-order valence-electron chi connectivity index (χ4n) is 1.28. The van der Waals surface area contributed by atoms with Crippen molar-refractivity contribution in [2.24, 2.45) is 0 Å². The molecule has 0 amide bonds. The van der Waals surface area contributed by atoms with E-state index in [0.29, 0.717) is 4.83 Å². The summed E-state index contributed by atoms with van der Waals surface area (Å²) in [7, 11) is 0. The van der Waals surface area contributed by atoms with Gasteiger partial charge >= 0.3 is 0 Å². The highest BCUT2D eigenvalue weighted by atomic mass is 79.9. The standard InChI is InChI=1S/C7H12BrF2N.BrH/c8-6-1-3-11(4-2-6)5-7(9)10;/h6-7H,1-5H2;1H. The molecule has 1 saturated heterocycles. The van der Waals surface area contributed by atoms with E-state index in [1.54, 1.807) is 0 Å². The minimum atomic E-state index is -2.18. The van der Waals surface area contributed by atoms with Crippen molar-refractivity contribution >= 4 is 32.9 Å². The van der Waals surface area contributed by atoms with Crippen molar-refractivity contribution in [3.05, 3.63) is 0 Å². The maximum absolute atomic E-state index is 11.9. The van der Waals surface area contributed by atoms with Gasteiger partial charge in [0.05, 0.1) is 6.54 Å². The van der Waals surface area contributed by atoms with Crippen molar-refractivity contribution in [2.45, 2.75) is 24.1 Å². The molecule has 0 aliphatic carbocycles. The third kappa shape index (κ3) is 4.72. The van der Waals surface area contributed by atoms with Crippen LogP contribution in [0.2, 0.25) is 0 Å². The number of halogens is 4. The van der Waals surface area contributed by atoms with Gasteiger partial charge in [-0.05, 0) is 25.9 Å². The Balaban J connectivity index is 0.00000121. The zero-order valence-electron chi connectivity index (χ0n) is 6.68. The molecule has 0 saturated carbocycles. The van der Waals surface area contributed by atoms with Crippen LogP contribution in [0.15, 0.2) is 0 Å². The van der Waals surface area contributed by atoms with Gasteiger partial charge in [0.25, 0.3) is 6.43 Å². The van der Waals surface area contributed by atoms with Crippen LogP contribution < -0.4 is 0 Å². The van der Waals surface area contributed by atoms with Gasteiger partial charge in [0.2, 0.25) is 0 Å². The summed E-state index contributed by atoms with van der Waals surface area (Å²) in [6, 6.07) is 0. The molecule has 1 aliphatic rings. The van der Waals surface area contributed by atoms with E-state index in [4.69, 9.17) is 0 Å². The van der Waals surface area contributed by atoms with Gasteiger partial charge in [-0.25, -0.2) is 8.78 Å². The number of rotatable bonds is 2. The van der Waals surface area contributed by atoms with Gasteiger partial charge in [-0.1, -0.05) is 15.9 Å². The van der Waals surface area contributed by atoms with E-state index < -0.39 is 6.43 Å². The summed E-state index contributed by atoms with van der Waals surface area (Å²) >= 11 is 3.47. The summed E-state index contributed by atoms with van der Waals surface area (Å²) in [5, 5.41) is 0. The average molecular weight is 309 g/mol. The lowest BCUT2D eigenvalue weighted by Gasteiger charge is -2.28. The van der Waals surface area contributed by atoms with Gasteiger partial charge in [-0.15, -0.1) is 17.0 Å². The first-order valence-corrected chi connectivity index (χ1v) is 4.74. The Bertz CT molecular complexity index is 116. The zero-order chi connectivity index (χ0) is 8.27. The lowest BCUT2D eigenvalue weighted by atomic mass is 10.1. The van der Waals surface area contributed by atoms with Crippen molar-refractivity contribution in [1.82, 2.24) is 4.90 Å². The third-order valence-electron chi connectivity index (χ3n) is 1.91. The molecule has 1 aliphatic heterocycles. The number of piperidine rings is 1. The van der Waals surface area contributed by atoms with Gasteiger partial charge in [-0.3, -0.25) is 4.90 Å². The molecule has 12 heavy (non-hydrogen) atoms. The predicted molar refractivity (Wildman–Crippen MR) is 54.7 cm³/mol. The summed E-state index contributed by atoms with van der Waals surface area (Å²) in [6.07, 6.45) is -0.193. The monoisotopic (exact) mass is 307 g/mol. The average Bonchev–Trinajstić information content (AvgIpc) is 1.93. The van der Waals surface area contributed by atoms with Gasteiger partial charge in [0, 0.05) is 4.83 Å². The second-order valence-corrected chi connectivity index (χ2v) is 4.16. The fraction of sp³-hybridized carbons (Fsp3) is 1.00. The largest absolute Gasteiger partial charge is 0.298 e. The normalized spacial score (nSPS) is 21.0. The number of likely N-dealkylation sites (tertiary alicyclic amines) is 1.